The number of thiophene rings is 1. The highest BCUT2D eigenvalue weighted by atomic mass is 35.5. The lowest BCUT2D eigenvalue weighted by Gasteiger charge is -2.18. The van der Waals surface area contributed by atoms with E-state index in [9.17, 15) is 14.7 Å². The summed E-state index contributed by atoms with van der Waals surface area (Å²) in [6.07, 6.45) is 0.439. The molecule has 3 heterocycles. The molecule has 0 radical (unpaired) electrons. The van der Waals surface area contributed by atoms with Crippen LogP contribution in [0.25, 0.3) is 5.00 Å². The number of fused-ring (bicyclic) bond motifs is 3. The maximum absolute atomic E-state index is 12.0. The van der Waals surface area contributed by atoms with Gasteiger partial charge in [0.05, 0.1) is 11.6 Å². The van der Waals surface area contributed by atoms with Crippen LogP contribution < -0.4 is 0 Å². The first-order chi connectivity index (χ1) is 14.3. The molecule has 0 amide bonds. The minimum Gasteiger partial charge on any atom is -0.481 e. The molecule has 1 aliphatic heterocycles. The predicted octanol–water partition coefficient (Wildman–Crippen LogP) is 4.09. The minimum absolute atomic E-state index is 0.172. The van der Waals surface area contributed by atoms with E-state index < -0.39 is 17.9 Å². The third-order valence-corrected chi connectivity index (χ3v) is 6.80. The molecule has 0 aliphatic carbocycles. The van der Waals surface area contributed by atoms with Crippen molar-refractivity contribution in [2.45, 2.75) is 33.2 Å². The number of aliphatic imine (C=N–C) groups is 1. The molecule has 0 saturated heterocycles. The van der Waals surface area contributed by atoms with Gasteiger partial charge in [-0.1, -0.05) is 23.7 Å². The zero-order chi connectivity index (χ0) is 21.6. The van der Waals surface area contributed by atoms with Crippen molar-refractivity contribution in [2.24, 2.45) is 10.9 Å². The van der Waals surface area contributed by atoms with Crippen LogP contribution in [0.4, 0.5) is 0 Å². The lowest BCUT2D eigenvalue weighted by atomic mass is 9.95. The summed E-state index contributed by atoms with van der Waals surface area (Å²) in [5.74, 6) is -1.09. The fourth-order valence-corrected chi connectivity index (χ4v) is 5.03. The molecule has 1 N–H and O–H groups in total. The number of carbonyl (C=O) groups excluding carboxylic acids is 1. The highest BCUT2D eigenvalue weighted by Gasteiger charge is 2.38. The predicted molar refractivity (Wildman–Crippen MR) is 115 cm³/mol. The fraction of sp³-hybridized carbons (Fsp3) is 0.286. The number of rotatable bonds is 5. The second-order valence-corrected chi connectivity index (χ2v) is 8.82. The van der Waals surface area contributed by atoms with Crippen molar-refractivity contribution in [3.8, 4) is 5.00 Å². The Labute approximate surface area is 182 Å². The molecule has 1 aromatic carbocycles. The Hall–Kier alpha value is -2.84. The van der Waals surface area contributed by atoms with Gasteiger partial charge in [-0.25, -0.2) is 0 Å². The van der Waals surface area contributed by atoms with Crippen molar-refractivity contribution < 1.29 is 14.7 Å². The topological polar surface area (TPSA) is 97.4 Å². The molecule has 2 atom stereocenters. The van der Waals surface area contributed by atoms with Gasteiger partial charge in [-0.2, -0.15) is 0 Å². The number of hydrogen-bond donors (Lipinski definition) is 1. The first-order valence-corrected chi connectivity index (χ1v) is 10.6. The molecule has 3 aromatic rings. The Morgan fingerprint density at radius 3 is 2.60 bits per heavy atom. The van der Waals surface area contributed by atoms with E-state index in [0.717, 1.165) is 26.6 Å². The average Bonchev–Trinajstić information content (AvgIpc) is 3.17. The van der Waals surface area contributed by atoms with E-state index in [1.165, 1.54) is 0 Å². The molecule has 154 valence electrons. The van der Waals surface area contributed by atoms with Gasteiger partial charge in [0.1, 0.15) is 23.2 Å². The summed E-state index contributed by atoms with van der Waals surface area (Å²) < 4.78 is 1.87. The van der Waals surface area contributed by atoms with Crippen LogP contribution >= 0.6 is 22.9 Å². The number of carboxylic acid groups (broad SMARTS) is 1. The monoisotopic (exact) mass is 442 g/mol. The van der Waals surface area contributed by atoms with Crippen LogP contribution in [0.1, 0.15) is 45.7 Å². The molecule has 7 nitrogen and oxygen atoms in total. The Bertz CT molecular complexity index is 1180. The Morgan fingerprint density at radius 2 is 1.97 bits per heavy atom. The first-order valence-electron chi connectivity index (χ1n) is 9.36. The number of hydrogen-bond acceptors (Lipinski definition) is 6. The fourth-order valence-electron chi connectivity index (χ4n) is 3.69. The van der Waals surface area contributed by atoms with Crippen molar-refractivity contribution in [3.63, 3.8) is 0 Å². The highest BCUT2D eigenvalue weighted by molar-refractivity contribution is 7.15. The molecule has 4 rings (SSSR count). The summed E-state index contributed by atoms with van der Waals surface area (Å²) >= 11 is 7.67. The molecular formula is C21H19ClN4O3S. The molecule has 2 unspecified atom stereocenters. The average molecular weight is 443 g/mol. The Kier molecular flexibility index (Phi) is 5.29. The summed E-state index contributed by atoms with van der Waals surface area (Å²) in [4.78, 5) is 29.3. The number of carboxylic acids is 1. The van der Waals surface area contributed by atoms with Gasteiger partial charge in [0.2, 0.25) is 0 Å². The summed E-state index contributed by atoms with van der Waals surface area (Å²) in [7, 11) is 0. The van der Waals surface area contributed by atoms with Crippen LogP contribution in [0.3, 0.4) is 0 Å². The van der Waals surface area contributed by atoms with E-state index in [-0.39, 0.29) is 6.42 Å². The summed E-state index contributed by atoms with van der Waals surface area (Å²) in [5.41, 5.74) is 3.46. The standard InChI is InChI=1S/C21H19ClN4O3S/c1-10-11(2)30-20-16(10)17(13-4-6-14(22)7-5-13)23-18(15(8-9-27)21(28)29)19-25-24-12(3)26(19)20/h4-7,9,15,18H,8H2,1-3H3,(H,28,29). The molecule has 9 heteroatoms. The zero-order valence-electron chi connectivity index (χ0n) is 16.6. The number of aryl methyl sites for hydroxylation is 2. The van der Waals surface area contributed by atoms with E-state index >= 15 is 0 Å². The molecule has 0 saturated carbocycles. The third kappa shape index (κ3) is 3.26. The minimum atomic E-state index is -1.10. The Morgan fingerprint density at radius 1 is 1.27 bits per heavy atom. The quantitative estimate of drug-likeness (QED) is 0.600. The molecule has 30 heavy (non-hydrogen) atoms. The van der Waals surface area contributed by atoms with Crippen molar-refractivity contribution in [3.05, 3.63) is 62.5 Å². The molecule has 2 aromatic heterocycles. The van der Waals surface area contributed by atoms with Crippen LogP contribution in [0.2, 0.25) is 5.02 Å². The van der Waals surface area contributed by atoms with Crippen molar-refractivity contribution in [1.29, 1.82) is 0 Å². The number of benzene rings is 1. The van der Waals surface area contributed by atoms with Crippen LogP contribution in [0.15, 0.2) is 29.3 Å². The lowest BCUT2D eigenvalue weighted by molar-refractivity contribution is -0.143. The van der Waals surface area contributed by atoms with Crippen LogP contribution in [0, 0.1) is 26.7 Å². The van der Waals surface area contributed by atoms with Gasteiger partial charge >= 0.3 is 5.97 Å². The number of nitrogens with zero attached hydrogens (tertiary/aromatic N) is 4. The third-order valence-electron chi connectivity index (χ3n) is 5.36. The van der Waals surface area contributed by atoms with E-state index in [0.29, 0.717) is 28.7 Å². The van der Waals surface area contributed by atoms with Crippen molar-refractivity contribution in [1.82, 2.24) is 14.8 Å². The summed E-state index contributed by atoms with van der Waals surface area (Å²) in [6, 6.07) is 6.42. The number of carbonyl (C=O) groups is 2. The normalized spacial score (nSPS) is 16.3. The summed E-state index contributed by atoms with van der Waals surface area (Å²) in [6.45, 7) is 5.89. The van der Waals surface area contributed by atoms with Gasteiger partial charge in [0.15, 0.2) is 5.82 Å². The zero-order valence-corrected chi connectivity index (χ0v) is 18.2. The van der Waals surface area contributed by atoms with Crippen LogP contribution in [-0.4, -0.2) is 37.8 Å². The van der Waals surface area contributed by atoms with Gasteiger partial charge in [-0.3, -0.25) is 14.4 Å². The SMILES string of the molecule is Cc1sc2c(c1C)C(c1ccc(Cl)cc1)=NC(C(CC=O)C(=O)O)c1nnc(C)n1-2. The van der Waals surface area contributed by atoms with Gasteiger partial charge in [-0.05, 0) is 38.5 Å². The number of aldehydes is 1. The lowest BCUT2D eigenvalue weighted by Crippen LogP contribution is -2.24. The summed E-state index contributed by atoms with van der Waals surface area (Å²) in [5, 5.41) is 19.8. The van der Waals surface area contributed by atoms with Crippen LogP contribution in [-0.2, 0) is 9.59 Å². The smallest absolute Gasteiger partial charge is 0.309 e. The van der Waals surface area contributed by atoms with Gasteiger partial charge in [-0.15, -0.1) is 21.5 Å². The van der Waals surface area contributed by atoms with E-state index in [4.69, 9.17) is 16.6 Å². The molecule has 0 bridgehead atoms. The van der Waals surface area contributed by atoms with Gasteiger partial charge < -0.3 is 9.90 Å². The van der Waals surface area contributed by atoms with E-state index in [1.54, 1.807) is 23.5 Å². The molecule has 0 spiro atoms. The second kappa shape index (κ2) is 7.77. The maximum atomic E-state index is 12.0. The number of halogens is 1. The van der Waals surface area contributed by atoms with E-state index in [1.807, 2.05) is 37.5 Å². The van der Waals surface area contributed by atoms with Crippen molar-refractivity contribution in [2.75, 3.05) is 0 Å². The molecule has 0 fully saturated rings. The van der Waals surface area contributed by atoms with Gasteiger partial charge in [0.25, 0.3) is 0 Å². The van der Waals surface area contributed by atoms with Crippen LogP contribution in [0.5, 0.6) is 0 Å². The largest absolute Gasteiger partial charge is 0.481 e. The first kappa shape index (κ1) is 20.4. The Balaban J connectivity index is 2.06. The highest BCUT2D eigenvalue weighted by Crippen LogP contribution is 2.41. The maximum Gasteiger partial charge on any atom is 0.309 e. The molecule has 1 aliphatic rings. The van der Waals surface area contributed by atoms with E-state index in [2.05, 4.69) is 10.2 Å². The molecular weight excluding hydrogens is 424 g/mol. The second-order valence-electron chi connectivity index (χ2n) is 7.18. The number of aliphatic carboxylic acids is 1. The van der Waals surface area contributed by atoms with Gasteiger partial charge in [0, 0.05) is 27.4 Å². The van der Waals surface area contributed by atoms with Crippen molar-refractivity contribution >= 4 is 40.9 Å². The number of aromatic nitrogens is 3.